The Morgan fingerprint density at radius 3 is 1.18 bits per heavy atom. The van der Waals surface area contributed by atoms with Crippen LogP contribution in [-0.2, 0) is 50.6 Å². The summed E-state index contributed by atoms with van der Waals surface area (Å²) in [5.41, 5.74) is 0. The normalized spacial score (nSPS) is 29.1. The second kappa shape index (κ2) is 11.9. The minimum atomic E-state index is -5.72. The van der Waals surface area contributed by atoms with Crippen LogP contribution in [0.25, 0.3) is 0 Å². The smallest absolute Gasteiger partial charge is 0.457 e. The van der Waals surface area contributed by atoms with Crippen LogP contribution in [0.2, 0.25) is 0 Å². The Balaban J connectivity index is 3.81. The number of ether oxygens (including phenoxy) is 2. The molecule has 6 atom stereocenters. The third kappa shape index (κ3) is 10.9. The lowest BCUT2D eigenvalue weighted by Gasteiger charge is -2.48. The van der Waals surface area contributed by atoms with E-state index in [-0.39, 0.29) is 12.8 Å². The van der Waals surface area contributed by atoms with Crippen LogP contribution in [0.4, 0.5) is 0 Å². The molecule has 1 saturated carbocycles. The summed E-state index contributed by atoms with van der Waals surface area (Å²) in [6.45, 7) is 1.53. The molecule has 8 N–H and O–H groups in total. The highest BCUT2D eigenvalue weighted by Gasteiger charge is 2.61. The molecule has 0 aromatic rings. The van der Waals surface area contributed by atoms with Gasteiger partial charge in [-0.1, -0.05) is 6.92 Å². The molecule has 0 bridgehead atoms. The van der Waals surface area contributed by atoms with E-state index in [2.05, 4.69) is 18.1 Å². The molecule has 0 aromatic heterocycles. The SMILES string of the molecule is CCCC(=O)O[C@@H]1[C@H](OC)[C@H](OP(=O)(O)O)[C@@H](OP(=O)(O)O)[C@H](OP(=O)(O)O)[C@H]1OP(=O)(O)O. The van der Waals surface area contributed by atoms with E-state index in [1.165, 1.54) is 6.92 Å². The van der Waals surface area contributed by atoms with Crippen molar-refractivity contribution < 1.29 is 89.8 Å². The van der Waals surface area contributed by atoms with Crippen molar-refractivity contribution >= 4 is 37.3 Å². The standard InChI is InChI=1S/C11H24O19P4/c1-3-4-5(12)26-7-6(25-2)8(27-31(13,14)15)10(29-33(19,20)21)11(30-34(22,23)24)9(7)28-32(16,17)18/h6-11H,3-4H2,1-2H3,(H2,13,14,15)(H2,16,17,18)(H2,19,20,21)(H2,22,23,24)/t6-,7+,8-,9-,10+,11+/m0/s1. The zero-order valence-electron chi connectivity index (χ0n) is 17.2. The van der Waals surface area contributed by atoms with Gasteiger partial charge in [-0.05, 0) is 6.42 Å². The maximum Gasteiger partial charge on any atom is 0.470 e. The first kappa shape index (κ1) is 31.9. The molecule has 0 aliphatic heterocycles. The molecular formula is C11H24O19P4. The molecule has 34 heavy (non-hydrogen) atoms. The number of carbonyl (C=O) groups excluding carboxylic acids is 1. The number of hydrogen-bond acceptors (Lipinski definition) is 11. The average Bonchev–Trinajstić information content (AvgIpc) is 2.57. The Hall–Kier alpha value is -0.130. The molecule has 0 unspecified atom stereocenters. The van der Waals surface area contributed by atoms with Crippen LogP contribution in [0.15, 0.2) is 0 Å². The van der Waals surface area contributed by atoms with Gasteiger partial charge in [-0.2, -0.15) is 0 Å². The van der Waals surface area contributed by atoms with E-state index in [4.69, 9.17) is 9.47 Å². The molecule has 1 aliphatic carbocycles. The van der Waals surface area contributed by atoms with Crippen molar-refractivity contribution in [2.75, 3.05) is 7.11 Å². The lowest BCUT2D eigenvalue weighted by atomic mass is 9.84. The Kier molecular flexibility index (Phi) is 11.2. The van der Waals surface area contributed by atoms with Gasteiger partial charge in [0.1, 0.15) is 30.5 Å². The van der Waals surface area contributed by atoms with Crippen molar-refractivity contribution in [2.24, 2.45) is 0 Å². The Morgan fingerprint density at radius 1 is 0.618 bits per heavy atom. The lowest BCUT2D eigenvalue weighted by molar-refractivity contribution is -0.227. The third-order valence-electron chi connectivity index (χ3n) is 3.97. The predicted molar refractivity (Wildman–Crippen MR) is 103 cm³/mol. The van der Waals surface area contributed by atoms with Crippen LogP contribution in [0.3, 0.4) is 0 Å². The van der Waals surface area contributed by atoms with E-state index in [0.29, 0.717) is 0 Å². The lowest BCUT2D eigenvalue weighted by Crippen LogP contribution is -2.67. The predicted octanol–water partition coefficient (Wildman–Crippen LogP) is -1.36. The van der Waals surface area contributed by atoms with Crippen molar-refractivity contribution in [3.05, 3.63) is 0 Å². The van der Waals surface area contributed by atoms with Gasteiger partial charge in [0.25, 0.3) is 0 Å². The maximum absolute atomic E-state index is 12.1. The Morgan fingerprint density at radius 2 is 0.912 bits per heavy atom. The van der Waals surface area contributed by atoms with E-state index in [0.717, 1.165) is 7.11 Å². The van der Waals surface area contributed by atoms with Crippen LogP contribution in [0, 0.1) is 0 Å². The van der Waals surface area contributed by atoms with Gasteiger partial charge in [-0.3, -0.25) is 22.9 Å². The molecule has 0 radical (unpaired) electrons. The molecule has 1 fully saturated rings. The minimum Gasteiger partial charge on any atom is -0.457 e. The highest BCUT2D eigenvalue weighted by Crippen LogP contribution is 2.53. The number of methoxy groups -OCH3 is 1. The molecule has 0 amide bonds. The topological polar surface area (TPSA) is 303 Å². The van der Waals surface area contributed by atoms with Crippen LogP contribution >= 0.6 is 31.3 Å². The number of carbonyl (C=O) groups is 1. The van der Waals surface area contributed by atoms with Gasteiger partial charge in [0.05, 0.1) is 0 Å². The zero-order chi connectivity index (χ0) is 26.7. The fraction of sp³-hybridized carbons (Fsp3) is 0.909. The summed E-state index contributed by atoms with van der Waals surface area (Å²) in [4.78, 5) is 86.1. The summed E-state index contributed by atoms with van der Waals surface area (Å²) in [6.07, 6.45) is -14.5. The van der Waals surface area contributed by atoms with E-state index in [9.17, 15) is 62.2 Å². The highest BCUT2D eigenvalue weighted by atomic mass is 31.2. The zero-order valence-corrected chi connectivity index (χ0v) is 20.8. The van der Waals surface area contributed by atoms with Crippen molar-refractivity contribution in [1.82, 2.24) is 0 Å². The fourth-order valence-electron chi connectivity index (χ4n) is 3.05. The van der Waals surface area contributed by atoms with Gasteiger partial charge in [0.15, 0.2) is 6.10 Å². The number of phosphoric ester groups is 4. The first-order valence-corrected chi connectivity index (χ1v) is 15.0. The van der Waals surface area contributed by atoms with Crippen LogP contribution < -0.4 is 0 Å². The van der Waals surface area contributed by atoms with Crippen LogP contribution in [-0.4, -0.2) is 88.9 Å². The van der Waals surface area contributed by atoms with Crippen LogP contribution in [0.1, 0.15) is 19.8 Å². The van der Waals surface area contributed by atoms with Gasteiger partial charge in [0, 0.05) is 13.5 Å². The number of phosphoric acid groups is 4. The van der Waals surface area contributed by atoms with Crippen molar-refractivity contribution in [3.63, 3.8) is 0 Å². The summed E-state index contributed by atoms with van der Waals surface area (Å²) in [5, 5.41) is 0. The molecule has 202 valence electrons. The van der Waals surface area contributed by atoms with E-state index in [1.807, 2.05) is 0 Å². The quantitative estimate of drug-likeness (QED) is 0.0969. The fourth-order valence-corrected chi connectivity index (χ4v) is 5.28. The first-order valence-electron chi connectivity index (χ1n) is 8.85. The summed E-state index contributed by atoms with van der Waals surface area (Å²) < 4.78 is 73.7. The number of rotatable bonds is 12. The van der Waals surface area contributed by atoms with Gasteiger partial charge >= 0.3 is 37.3 Å². The summed E-state index contributed by atoms with van der Waals surface area (Å²) in [7, 11) is -21.8. The molecule has 23 heteroatoms. The Labute approximate surface area is 191 Å². The van der Waals surface area contributed by atoms with Gasteiger partial charge in [-0.15, -0.1) is 0 Å². The first-order chi connectivity index (χ1) is 15.2. The van der Waals surface area contributed by atoms with Crippen molar-refractivity contribution in [2.45, 2.75) is 56.4 Å². The summed E-state index contributed by atoms with van der Waals surface area (Å²) in [6, 6.07) is 0. The van der Waals surface area contributed by atoms with E-state index in [1.54, 1.807) is 0 Å². The van der Waals surface area contributed by atoms with Crippen molar-refractivity contribution in [1.29, 1.82) is 0 Å². The third-order valence-corrected chi connectivity index (χ3v) is 6.04. The molecule has 19 nitrogen and oxygen atoms in total. The second-order valence-corrected chi connectivity index (χ2v) is 11.4. The average molecular weight is 584 g/mol. The van der Waals surface area contributed by atoms with Gasteiger partial charge in [0.2, 0.25) is 0 Å². The van der Waals surface area contributed by atoms with Crippen molar-refractivity contribution in [3.8, 4) is 0 Å². The molecule has 0 aromatic carbocycles. The molecular weight excluding hydrogens is 560 g/mol. The molecule has 0 saturated heterocycles. The summed E-state index contributed by atoms with van der Waals surface area (Å²) in [5.74, 6) is -1.09. The summed E-state index contributed by atoms with van der Waals surface area (Å²) >= 11 is 0. The highest BCUT2D eigenvalue weighted by molar-refractivity contribution is 7.47. The second-order valence-electron chi connectivity index (χ2n) is 6.65. The van der Waals surface area contributed by atoms with E-state index < -0.39 is 73.9 Å². The monoisotopic (exact) mass is 584 g/mol. The van der Waals surface area contributed by atoms with Gasteiger partial charge in [-0.25, -0.2) is 18.3 Å². The molecule has 1 aliphatic rings. The molecule has 1 rings (SSSR count). The van der Waals surface area contributed by atoms with E-state index >= 15 is 0 Å². The maximum atomic E-state index is 12.1. The number of hydrogen-bond donors (Lipinski definition) is 8. The van der Waals surface area contributed by atoms with Crippen LogP contribution in [0.5, 0.6) is 0 Å². The molecule has 0 heterocycles. The Bertz CT molecular complexity index is 883. The minimum absolute atomic E-state index is 0.183. The van der Waals surface area contributed by atoms with Gasteiger partial charge < -0.3 is 48.6 Å². The number of esters is 1. The largest absolute Gasteiger partial charge is 0.470 e. The molecule has 0 spiro atoms.